The Morgan fingerprint density at radius 3 is 2.29 bits per heavy atom. The molecule has 1 aliphatic heterocycles. The van der Waals surface area contributed by atoms with Crippen molar-refractivity contribution in [3.63, 3.8) is 0 Å². The van der Waals surface area contributed by atoms with Gasteiger partial charge in [0.05, 0.1) is 16.1 Å². The Hall–Kier alpha value is -1.91. The number of piperazine rings is 1. The highest BCUT2D eigenvalue weighted by Gasteiger charge is 2.32. The zero-order chi connectivity index (χ0) is 20.7. The third kappa shape index (κ3) is 4.08. The molecule has 152 valence electrons. The Bertz CT molecular complexity index is 992. The summed E-state index contributed by atoms with van der Waals surface area (Å²) in [6.45, 7) is 6.64. The van der Waals surface area contributed by atoms with Crippen molar-refractivity contribution in [3.05, 3.63) is 45.9 Å². The second kappa shape index (κ2) is 7.49. The Labute approximate surface area is 166 Å². The van der Waals surface area contributed by atoms with Gasteiger partial charge in [0.2, 0.25) is 10.0 Å². The largest absolute Gasteiger partial charge is 0.335 e. The van der Waals surface area contributed by atoms with Gasteiger partial charge in [-0.3, -0.25) is 4.79 Å². The summed E-state index contributed by atoms with van der Waals surface area (Å²) in [7, 11) is -3.95. The third-order valence-corrected chi connectivity index (χ3v) is 7.72. The minimum absolute atomic E-state index is 0.0813. The molecule has 0 saturated carbocycles. The van der Waals surface area contributed by atoms with E-state index >= 15 is 0 Å². The fraction of sp³-hybridized carbons (Fsp3) is 0.444. The highest BCUT2D eigenvalue weighted by atomic mass is 32.2. The molecule has 0 radical (unpaired) electrons. The fourth-order valence-corrected chi connectivity index (χ4v) is 5.17. The molecule has 1 aliphatic rings. The molecule has 28 heavy (non-hydrogen) atoms. The number of hydrogen-bond acceptors (Lipinski definition) is 5. The summed E-state index contributed by atoms with van der Waals surface area (Å²) in [4.78, 5) is 18.8. The molecule has 0 N–H and O–H groups in total. The van der Waals surface area contributed by atoms with Gasteiger partial charge >= 0.3 is 0 Å². The number of amides is 1. The van der Waals surface area contributed by atoms with Crippen molar-refractivity contribution < 1.29 is 22.0 Å². The lowest BCUT2D eigenvalue weighted by atomic mass is 9.98. The molecule has 1 saturated heterocycles. The number of hydrogen-bond donors (Lipinski definition) is 0. The first-order valence-corrected chi connectivity index (χ1v) is 11.0. The molecule has 1 aromatic heterocycles. The average molecular weight is 430 g/mol. The van der Waals surface area contributed by atoms with Gasteiger partial charge in [0.25, 0.3) is 5.91 Å². The smallest absolute Gasteiger partial charge is 0.265 e. The quantitative estimate of drug-likeness (QED) is 0.752. The zero-order valence-electron chi connectivity index (χ0n) is 15.8. The van der Waals surface area contributed by atoms with Gasteiger partial charge in [0.1, 0.15) is 4.88 Å². The summed E-state index contributed by atoms with van der Waals surface area (Å²) in [6.07, 6.45) is 1.55. The normalized spacial score (nSPS) is 16.4. The van der Waals surface area contributed by atoms with Crippen LogP contribution in [0.4, 0.5) is 8.78 Å². The molecule has 1 fully saturated rings. The molecule has 0 atom stereocenters. The lowest BCUT2D eigenvalue weighted by molar-refractivity contribution is 0.0702. The topological polar surface area (TPSA) is 70.6 Å². The van der Waals surface area contributed by atoms with Crippen LogP contribution in [0.1, 0.15) is 35.5 Å². The van der Waals surface area contributed by atoms with Crippen LogP contribution in [0.25, 0.3) is 0 Å². The Morgan fingerprint density at radius 2 is 1.75 bits per heavy atom. The molecule has 0 unspecified atom stereocenters. The monoisotopic (exact) mass is 429 g/mol. The van der Waals surface area contributed by atoms with Gasteiger partial charge in [-0.15, -0.1) is 11.3 Å². The maximum Gasteiger partial charge on any atom is 0.265 e. The number of aromatic nitrogens is 1. The van der Waals surface area contributed by atoms with Gasteiger partial charge in [-0.2, -0.15) is 4.31 Å². The molecular formula is C18H21F2N3O3S2. The molecule has 1 amide bonds. The van der Waals surface area contributed by atoms with Crippen LogP contribution in [-0.2, 0) is 15.4 Å². The number of sulfonamides is 1. The Morgan fingerprint density at radius 1 is 1.11 bits per heavy atom. The number of thiazole rings is 1. The van der Waals surface area contributed by atoms with Gasteiger partial charge in [-0.1, -0.05) is 20.8 Å². The van der Waals surface area contributed by atoms with Crippen molar-refractivity contribution >= 4 is 27.3 Å². The van der Waals surface area contributed by atoms with Crippen LogP contribution < -0.4 is 0 Å². The first-order chi connectivity index (χ1) is 13.0. The van der Waals surface area contributed by atoms with E-state index in [2.05, 4.69) is 4.98 Å². The Kier molecular flexibility index (Phi) is 5.57. The van der Waals surface area contributed by atoms with Crippen LogP contribution in [0, 0.1) is 11.6 Å². The number of carbonyl (C=O) groups is 1. The van der Waals surface area contributed by atoms with E-state index in [-0.39, 0.29) is 42.4 Å². The van der Waals surface area contributed by atoms with Gasteiger partial charge in [0, 0.05) is 31.6 Å². The predicted octanol–water partition coefficient (Wildman–Crippen LogP) is 2.87. The standard InChI is InChI=1S/C18H21F2N3O3S2/c1-18(2,3)17-21-11-15(27-17)16(24)22-6-8-23(9-7-22)28(25,26)12-4-5-13(19)14(20)10-12/h4-5,10-11H,6-9H2,1-3H3. The highest BCUT2D eigenvalue weighted by Crippen LogP contribution is 2.28. The molecule has 6 nitrogen and oxygen atoms in total. The lowest BCUT2D eigenvalue weighted by Gasteiger charge is -2.33. The van der Waals surface area contributed by atoms with E-state index < -0.39 is 21.7 Å². The number of rotatable bonds is 3. The van der Waals surface area contributed by atoms with Crippen molar-refractivity contribution in [1.82, 2.24) is 14.2 Å². The second-order valence-electron chi connectivity index (χ2n) is 7.55. The maximum atomic E-state index is 13.4. The van der Waals surface area contributed by atoms with Gasteiger partial charge < -0.3 is 4.90 Å². The van der Waals surface area contributed by atoms with Crippen molar-refractivity contribution in [1.29, 1.82) is 0 Å². The summed E-state index contributed by atoms with van der Waals surface area (Å²) < 4.78 is 52.9. The fourth-order valence-electron chi connectivity index (χ4n) is 2.79. The SMILES string of the molecule is CC(C)(C)c1ncc(C(=O)N2CCN(S(=O)(=O)c3ccc(F)c(F)c3)CC2)s1. The van der Waals surface area contributed by atoms with Gasteiger partial charge in [0.15, 0.2) is 11.6 Å². The molecule has 1 aromatic carbocycles. The predicted molar refractivity (Wildman–Crippen MR) is 102 cm³/mol. The van der Waals surface area contributed by atoms with E-state index in [4.69, 9.17) is 0 Å². The number of halogens is 2. The summed E-state index contributed by atoms with van der Waals surface area (Å²) in [5.41, 5.74) is -0.152. The summed E-state index contributed by atoms with van der Waals surface area (Å²) in [5, 5.41) is 0.857. The van der Waals surface area contributed by atoms with Gasteiger partial charge in [-0.05, 0) is 18.2 Å². The number of benzene rings is 1. The number of carbonyl (C=O) groups excluding carboxylic acids is 1. The summed E-state index contributed by atoms with van der Waals surface area (Å²) in [5.74, 6) is -2.50. The van der Waals surface area contributed by atoms with E-state index in [0.29, 0.717) is 10.9 Å². The van der Waals surface area contributed by atoms with Crippen LogP contribution in [0.15, 0.2) is 29.3 Å². The first-order valence-electron chi connectivity index (χ1n) is 8.71. The minimum atomic E-state index is -3.95. The summed E-state index contributed by atoms with van der Waals surface area (Å²) >= 11 is 1.34. The molecular weight excluding hydrogens is 408 g/mol. The van der Waals surface area contributed by atoms with Crippen molar-refractivity contribution in [2.24, 2.45) is 0 Å². The van der Waals surface area contributed by atoms with E-state index in [1.165, 1.54) is 15.6 Å². The number of nitrogens with zero attached hydrogens (tertiary/aromatic N) is 3. The van der Waals surface area contributed by atoms with Crippen LogP contribution >= 0.6 is 11.3 Å². The average Bonchev–Trinajstić information content (AvgIpc) is 3.14. The van der Waals surface area contributed by atoms with E-state index in [1.54, 1.807) is 11.1 Å². The van der Waals surface area contributed by atoms with Crippen LogP contribution in [0.2, 0.25) is 0 Å². The molecule has 0 aliphatic carbocycles. The van der Waals surface area contributed by atoms with E-state index in [9.17, 15) is 22.0 Å². The molecule has 3 rings (SSSR count). The van der Waals surface area contributed by atoms with Crippen LogP contribution in [-0.4, -0.2) is 54.7 Å². The van der Waals surface area contributed by atoms with Crippen molar-refractivity contribution in [3.8, 4) is 0 Å². The minimum Gasteiger partial charge on any atom is -0.335 e. The maximum absolute atomic E-state index is 13.4. The van der Waals surface area contributed by atoms with Crippen molar-refractivity contribution in [2.75, 3.05) is 26.2 Å². The highest BCUT2D eigenvalue weighted by molar-refractivity contribution is 7.89. The lowest BCUT2D eigenvalue weighted by Crippen LogP contribution is -2.50. The molecule has 2 aromatic rings. The van der Waals surface area contributed by atoms with Crippen LogP contribution in [0.3, 0.4) is 0 Å². The summed E-state index contributed by atoms with van der Waals surface area (Å²) in [6, 6.07) is 2.50. The van der Waals surface area contributed by atoms with E-state index in [1.807, 2.05) is 20.8 Å². The zero-order valence-corrected chi connectivity index (χ0v) is 17.4. The molecule has 10 heteroatoms. The molecule has 0 bridgehead atoms. The van der Waals surface area contributed by atoms with Crippen molar-refractivity contribution in [2.45, 2.75) is 31.1 Å². The van der Waals surface area contributed by atoms with Crippen LogP contribution in [0.5, 0.6) is 0 Å². The third-order valence-electron chi connectivity index (χ3n) is 4.41. The van der Waals surface area contributed by atoms with E-state index in [0.717, 1.165) is 17.1 Å². The first kappa shape index (κ1) is 20.8. The molecule has 0 spiro atoms. The Balaban J connectivity index is 1.69. The second-order valence-corrected chi connectivity index (χ2v) is 10.5. The van der Waals surface area contributed by atoms with Gasteiger partial charge in [-0.25, -0.2) is 22.2 Å². The molecule has 2 heterocycles.